The van der Waals surface area contributed by atoms with Gasteiger partial charge in [0, 0.05) is 19.6 Å². The van der Waals surface area contributed by atoms with Crippen molar-refractivity contribution in [3.63, 3.8) is 0 Å². The minimum Gasteiger partial charge on any atom is -0.351 e. The number of sulfonamides is 2. The normalized spacial score (nSPS) is 13.2. The van der Waals surface area contributed by atoms with Crippen LogP contribution in [0.4, 0.5) is 4.39 Å². The quantitative estimate of drug-likeness (QED) is 0.549. The molecule has 2 aromatic carbocycles. The van der Waals surface area contributed by atoms with E-state index in [1.165, 1.54) is 35.5 Å². The highest BCUT2D eigenvalue weighted by Gasteiger charge is 2.24. The van der Waals surface area contributed by atoms with Crippen LogP contribution in [0.5, 0.6) is 0 Å². The summed E-state index contributed by atoms with van der Waals surface area (Å²) in [7, 11) is -7.78. The Morgan fingerprint density at radius 3 is 2.13 bits per heavy atom. The van der Waals surface area contributed by atoms with Crippen LogP contribution in [0.3, 0.4) is 0 Å². The third-order valence-electron chi connectivity index (χ3n) is 4.58. The molecule has 0 spiro atoms. The number of benzene rings is 2. The summed E-state index contributed by atoms with van der Waals surface area (Å²) in [6, 6.07) is 9.79. The van der Waals surface area contributed by atoms with E-state index in [1.54, 1.807) is 26.0 Å². The van der Waals surface area contributed by atoms with Crippen molar-refractivity contribution in [2.75, 3.05) is 13.1 Å². The minimum absolute atomic E-state index is 0.0657. The van der Waals surface area contributed by atoms with E-state index in [4.69, 9.17) is 0 Å². The number of rotatable bonds is 10. The second-order valence-electron chi connectivity index (χ2n) is 6.72. The van der Waals surface area contributed by atoms with Gasteiger partial charge in [0.2, 0.25) is 26.0 Å². The molecule has 0 aromatic heterocycles. The molecule has 2 aromatic rings. The first-order valence-electron chi connectivity index (χ1n) is 9.66. The van der Waals surface area contributed by atoms with Crippen LogP contribution < -0.4 is 10.0 Å². The van der Waals surface area contributed by atoms with Gasteiger partial charge in [0.25, 0.3) is 0 Å². The third kappa shape index (κ3) is 6.10. The summed E-state index contributed by atoms with van der Waals surface area (Å²) in [5.41, 5.74) is 0.635. The molecule has 0 unspecified atom stereocenters. The Bertz CT molecular complexity index is 1120. The lowest BCUT2D eigenvalue weighted by Crippen LogP contribution is -2.44. The molecule has 8 nitrogen and oxygen atoms in total. The summed E-state index contributed by atoms with van der Waals surface area (Å²) in [5, 5.41) is 2.57. The molecule has 2 rings (SSSR count). The molecule has 0 bridgehead atoms. The number of carbonyl (C=O) groups is 1. The zero-order chi connectivity index (χ0) is 23.2. The monoisotopic (exact) mass is 471 g/mol. The fourth-order valence-corrected chi connectivity index (χ4v) is 5.59. The van der Waals surface area contributed by atoms with Crippen LogP contribution >= 0.6 is 0 Å². The van der Waals surface area contributed by atoms with E-state index in [0.29, 0.717) is 18.7 Å². The molecule has 170 valence electrons. The predicted octanol–water partition coefficient (Wildman–Crippen LogP) is 1.84. The number of hydrogen-bond donors (Lipinski definition) is 2. The number of nitrogens with one attached hydrogen (secondary N) is 2. The molecule has 0 aliphatic carbocycles. The van der Waals surface area contributed by atoms with Gasteiger partial charge in [-0.2, -0.15) is 9.03 Å². The zero-order valence-corrected chi connectivity index (χ0v) is 19.1. The standard InChI is InChI=1S/C20H26FN3O5S2/c1-4-24(5-2)31(28,29)17-12-10-16(11-13-17)14-22-20(25)15(3)23-30(26,27)19-9-7-6-8-18(19)21/h6-13,15,23H,4-5,14H2,1-3H3,(H,22,25)/t15-/m0/s1. The van der Waals surface area contributed by atoms with Gasteiger partial charge in [-0.3, -0.25) is 4.79 Å². The summed E-state index contributed by atoms with van der Waals surface area (Å²) in [5.74, 6) is -1.53. The molecule has 1 atom stereocenters. The van der Waals surface area contributed by atoms with Crippen molar-refractivity contribution in [2.24, 2.45) is 0 Å². The van der Waals surface area contributed by atoms with Crippen LogP contribution in [0.1, 0.15) is 26.3 Å². The van der Waals surface area contributed by atoms with Crippen molar-refractivity contribution in [3.05, 3.63) is 59.9 Å². The molecule has 2 N–H and O–H groups in total. The van der Waals surface area contributed by atoms with Crippen molar-refractivity contribution in [3.8, 4) is 0 Å². The maximum atomic E-state index is 13.8. The van der Waals surface area contributed by atoms with E-state index in [2.05, 4.69) is 10.0 Å². The topological polar surface area (TPSA) is 113 Å². The van der Waals surface area contributed by atoms with Crippen LogP contribution in [0, 0.1) is 5.82 Å². The summed E-state index contributed by atoms with van der Waals surface area (Å²) in [6.45, 7) is 5.64. The summed E-state index contributed by atoms with van der Waals surface area (Å²) >= 11 is 0. The van der Waals surface area contributed by atoms with Gasteiger partial charge in [-0.05, 0) is 36.8 Å². The van der Waals surface area contributed by atoms with Crippen LogP contribution in [0.2, 0.25) is 0 Å². The highest BCUT2D eigenvalue weighted by atomic mass is 32.2. The van der Waals surface area contributed by atoms with Gasteiger partial charge in [-0.25, -0.2) is 21.2 Å². The summed E-state index contributed by atoms with van der Waals surface area (Å²) < 4.78 is 66.8. The first kappa shape index (κ1) is 24.9. The largest absolute Gasteiger partial charge is 0.351 e. The number of hydrogen-bond acceptors (Lipinski definition) is 5. The SMILES string of the molecule is CCN(CC)S(=O)(=O)c1ccc(CNC(=O)[C@H](C)NS(=O)(=O)c2ccccc2F)cc1. The fourth-order valence-electron chi connectivity index (χ4n) is 2.85. The van der Waals surface area contributed by atoms with Crippen molar-refractivity contribution < 1.29 is 26.0 Å². The smallest absolute Gasteiger partial charge is 0.244 e. The van der Waals surface area contributed by atoms with Gasteiger partial charge in [-0.15, -0.1) is 0 Å². The maximum Gasteiger partial charge on any atom is 0.244 e. The molecule has 31 heavy (non-hydrogen) atoms. The number of carbonyl (C=O) groups excluding carboxylic acids is 1. The zero-order valence-electron chi connectivity index (χ0n) is 17.5. The van der Waals surface area contributed by atoms with Crippen LogP contribution in [-0.2, 0) is 31.4 Å². The third-order valence-corrected chi connectivity index (χ3v) is 8.22. The molecular weight excluding hydrogens is 445 g/mol. The second-order valence-corrected chi connectivity index (χ2v) is 10.3. The van der Waals surface area contributed by atoms with Crippen LogP contribution in [0.15, 0.2) is 58.3 Å². The van der Waals surface area contributed by atoms with Gasteiger partial charge in [0.15, 0.2) is 0 Å². The van der Waals surface area contributed by atoms with Crippen LogP contribution in [0.25, 0.3) is 0 Å². The van der Waals surface area contributed by atoms with Crippen molar-refractivity contribution in [2.45, 2.75) is 43.1 Å². The molecule has 1 amide bonds. The first-order chi connectivity index (χ1) is 14.5. The predicted molar refractivity (Wildman–Crippen MR) is 115 cm³/mol. The number of halogens is 1. The summed E-state index contributed by atoms with van der Waals surface area (Å²) in [4.78, 5) is 11.9. The average Bonchev–Trinajstić information content (AvgIpc) is 2.72. The molecule has 0 saturated carbocycles. The van der Waals surface area contributed by atoms with E-state index in [9.17, 15) is 26.0 Å². The van der Waals surface area contributed by atoms with Gasteiger partial charge in [-0.1, -0.05) is 38.1 Å². The number of amides is 1. The van der Waals surface area contributed by atoms with Crippen LogP contribution in [-0.4, -0.2) is 46.2 Å². The van der Waals surface area contributed by atoms with E-state index in [1.807, 2.05) is 0 Å². The number of nitrogens with zero attached hydrogens (tertiary/aromatic N) is 1. The Kier molecular flexibility index (Phi) is 8.29. The Labute approximate surface area is 182 Å². The molecule has 0 saturated heterocycles. The van der Waals surface area contributed by atoms with Crippen molar-refractivity contribution >= 4 is 26.0 Å². The molecule has 0 radical (unpaired) electrons. The lowest BCUT2D eigenvalue weighted by molar-refractivity contribution is -0.122. The minimum atomic E-state index is -4.21. The lowest BCUT2D eigenvalue weighted by atomic mass is 10.2. The molecular formula is C20H26FN3O5S2. The van der Waals surface area contributed by atoms with Crippen molar-refractivity contribution in [1.29, 1.82) is 0 Å². The molecule has 0 heterocycles. The van der Waals surface area contributed by atoms with Gasteiger partial charge >= 0.3 is 0 Å². The Morgan fingerprint density at radius 2 is 1.58 bits per heavy atom. The second kappa shape index (κ2) is 10.3. The van der Waals surface area contributed by atoms with E-state index >= 15 is 0 Å². The molecule has 0 fully saturated rings. The van der Waals surface area contributed by atoms with Gasteiger partial charge in [0.05, 0.1) is 10.9 Å². The maximum absolute atomic E-state index is 13.8. The van der Waals surface area contributed by atoms with E-state index in [0.717, 1.165) is 12.1 Å². The lowest BCUT2D eigenvalue weighted by Gasteiger charge is -2.18. The molecule has 0 aliphatic rings. The Balaban J connectivity index is 2.00. The van der Waals surface area contributed by atoms with Gasteiger partial charge in [0.1, 0.15) is 10.7 Å². The first-order valence-corrected chi connectivity index (χ1v) is 12.6. The summed E-state index contributed by atoms with van der Waals surface area (Å²) in [6.07, 6.45) is 0. The highest BCUT2D eigenvalue weighted by Crippen LogP contribution is 2.16. The highest BCUT2D eigenvalue weighted by molar-refractivity contribution is 7.89. The van der Waals surface area contributed by atoms with E-state index in [-0.39, 0.29) is 11.4 Å². The Hall–Kier alpha value is -2.34. The average molecular weight is 472 g/mol. The fraction of sp³-hybridized carbons (Fsp3) is 0.350. The van der Waals surface area contributed by atoms with Gasteiger partial charge < -0.3 is 5.32 Å². The molecule has 0 aliphatic heterocycles. The Morgan fingerprint density at radius 1 is 1.00 bits per heavy atom. The van der Waals surface area contributed by atoms with Crippen molar-refractivity contribution in [1.82, 2.24) is 14.3 Å². The molecule has 11 heteroatoms. The van der Waals surface area contributed by atoms with E-state index < -0.39 is 42.7 Å².